The smallest absolute Gasteiger partial charge is 0.0547 e. The summed E-state index contributed by atoms with van der Waals surface area (Å²) in [4.78, 5) is 0. The molecule has 2 rings (SSSR count). The Labute approximate surface area is 106 Å². The van der Waals surface area contributed by atoms with Crippen LogP contribution < -0.4 is 5.32 Å². The lowest BCUT2D eigenvalue weighted by molar-refractivity contribution is 0.530. The fourth-order valence-electron chi connectivity index (χ4n) is 1.82. The number of aromatic nitrogens is 2. The molecule has 0 spiro atoms. The summed E-state index contributed by atoms with van der Waals surface area (Å²) in [5.74, 6) is 0. The van der Waals surface area contributed by atoms with E-state index in [-0.39, 0.29) is 6.04 Å². The van der Waals surface area contributed by atoms with Gasteiger partial charge in [0.15, 0.2) is 0 Å². The van der Waals surface area contributed by atoms with Crippen LogP contribution >= 0.6 is 11.6 Å². The molecule has 1 heterocycles. The molecule has 3 nitrogen and oxygen atoms in total. The molecule has 1 atom stereocenters. The summed E-state index contributed by atoms with van der Waals surface area (Å²) >= 11 is 6.11. The predicted molar refractivity (Wildman–Crippen MR) is 69.9 cm³/mol. The van der Waals surface area contributed by atoms with Crippen LogP contribution in [0.1, 0.15) is 24.2 Å². The molecule has 1 unspecified atom stereocenters. The summed E-state index contributed by atoms with van der Waals surface area (Å²) in [6.45, 7) is 2.87. The Morgan fingerprint density at radius 2 is 2.12 bits per heavy atom. The molecule has 0 bridgehead atoms. The molecule has 1 N–H and O–H groups in total. The third-order valence-corrected chi connectivity index (χ3v) is 3.23. The maximum Gasteiger partial charge on any atom is 0.0547 e. The van der Waals surface area contributed by atoms with Crippen molar-refractivity contribution in [2.45, 2.75) is 19.5 Å². The Hall–Kier alpha value is -1.32. The van der Waals surface area contributed by atoms with Gasteiger partial charge < -0.3 is 5.32 Å². The molecule has 0 aliphatic heterocycles. The van der Waals surface area contributed by atoms with Crippen LogP contribution in [0.25, 0.3) is 0 Å². The Morgan fingerprint density at radius 1 is 1.35 bits per heavy atom. The van der Waals surface area contributed by atoms with E-state index in [1.54, 1.807) is 0 Å². The molecule has 90 valence electrons. The number of rotatable bonds is 4. The Kier molecular flexibility index (Phi) is 3.82. The second-order valence-corrected chi connectivity index (χ2v) is 4.48. The van der Waals surface area contributed by atoms with Crippen LogP contribution in [-0.4, -0.2) is 9.78 Å². The Balaban J connectivity index is 2.00. The van der Waals surface area contributed by atoms with E-state index in [0.29, 0.717) is 0 Å². The van der Waals surface area contributed by atoms with E-state index in [9.17, 15) is 0 Å². The van der Waals surface area contributed by atoms with Crippen LogP contribution in [0.5, 0.6) is 0 Å². The highest BCUT2D eigenvalue weighted by atomic mass is 35.5. The zero-order valence-electron chi connectivity index (χ0n) is 10.0. The molecule has 0 aliphatic rings. The maximum absolute atomic E-state index is 6.11. The van der Waals surface area contributed by atoms with Crippen LogP contribution in [0.4, 0.5) is 0 Å². The van der Waals surface area contributed by atoms with Gasteiger partial charge >= 0.3 is 0 Å². The standard InChI is InChI=1S/C13H16ClN3/c1-10(13-7-8-16-17(13)2)15-9-11-5-3-4-6-12(11)14/h3-8,10,15H,9H2,1-2H3. The number of nitrogens with zero attached hydrogens (tertiary/aromatic N) is 2. The SMILES string of the molecule is CC(NCc1ccccc1Cl)c1ccnn1C. The minimum absolute atomic E-state index is 0.249. The highest BCUT2D eigenvalue weighted by molar-refractivity contribution is 6.31. The first-order chi connectivity index (χ1) is 8.18. The first-order valence-corrected chi connectivity index (χ1v) is 6.01. The number of hydrogen-bond acceptors (Lipinski definition) is 2. The average Bonchev–Trinajstić information content (AvgIpc) is 2.74. The zero-order chi connectivity index (χ0) is 12.3. The molecule has 0 saturated heterocycles. The lowest BCUT2D eigenvalue weighted by Gasteiger charge is -2.14. The van der Waals surface area contributed by atoms with Crippen molar-refractivity contribution in [3.63, 3.8) is 0 Å². The third-order valence-electron chi connectivity index (χ3n) is 2.86. The quantitative estimate of drug-likeness (QED) is 0.903. The van der Waals surface area contributed by atoms with Crippen molar-refractivity contribution in [2.24, 2.45) is 7.05 Å². The van der Waals surface area contributed by atoms with Crippen molar-refractivity contribution in [3.8, 4) is 0 Å². The zero-order valence-corrected chi connectivity index (χ0v) is 10.8. The minimum Gasteiger partial charge on any atom is -0.305 e. The minimum atomic E-state index is 0.249. The Bertz CT molecular complexity index is 493. The van der Waals surface area contributed by atoms with E-state index in [2.05, 4.69) is 17.3 Å². The number of aryl methyl sites for hydroxylation is 1. The molecule has 4 heteroatoms. The maximum atomic E-state index is 6.11. The van der Waals surface area contributed by atoms with E-state index in [4.69, 9.17) is 11.6 Å². The van der Waals surface area contributed by atoms with Crippen LogP contribution in [0, 0.1) is 0 Å². The molecule has 0 aliphatic carbocycles. The van der Waals surface area contributed by atoms with Gasteiger partial charge in [-0.2, -0.15) is 5.10 Å². The predicted octanol–water partition coefficient (Wildman–Crippen LogP) is 2.92. The van der Waals surface area contributed by atoms with Crippen molar-refractivity contribution in [3.05, 3.63) is 52.8 Å². The summed E-state index contributed by atoms with van der Waals surface area (Å²) < 4.78 is 1.88. The molecule has 0 saturated carbocycles. The van der Waals surface area contributed by atoms with Gasteiger partial charge in [0.2, 0.25) is 0 Å². The molecule has 2 aromatic rings. The van der Waals surface area contributed by atoms with Gasteiger partial charge in [-0.1, -0.05) is 29.8 Å². The molecule has 0 amide bonds. The molecule has 1 aromatic carbocycles. The van der Waals surface area contributed by atoms with Gasteiger partial charge in [-0.05, 0) is 24.6 Å². The molecule has 0 fully saturated rings. The molecule has 17 heavy (non-hydrogen) atoms. The molecule has 0 radical (unpaired) electrons. The third kappa shape index (κ3) is 2.87. The van der Waals surface area contributed by atoms with E-state index in [0.717, 1.165) is 22.8 Å². The first-order valence-electron chi connectivity index (χ1n) is 5.63. The number of hydrogen-bond donors (Lipinski definition) is 1. The summed E-state index contributed by atoms with van der Waals surface area (Å²) in [5, 5.41) is 8.40. The molecule has 1 aromatic heterocycles. The van der Waals surface area contributed by atoms with Gasteiger partial charge in [-0.25, -0.2) is 0 Å². The van der Waals surface area contributed by atoms with Crippen molar-refractivity contribution in [2.75, 3.05) is 0 Å². The van der Waals surface area contributed by atoms with E-state index in [1.165, 1.54) is 0 Å². The monoisotopic (exact) mass is 249 g/mol. The molecular formula is C13H16ClN3. The van der Waals surface area contributed by atoms with Crippen molar-refractivity contribution in [1.29, 1.82) is 0 Å². The number of nitrogens with one attached hydrogen (secondary N) is 1. The fraction of sp³-hybridized carbons (Fsp3) is 0.308. The normalized spacial score (nSPS) is 12.6. The van der Waals surface area contributed by atoms with Crippen molar-refractivity contribution in [1.82, 2.24) is 15.1 Å². The van der Waals surface area contributed by atoms with E-state index >= 15 is 0 Å². The summed E-state index contributed by atoms with van der Waals surface area (Å²) in [6, 6.07) is 10.1. The van der Waals surface area contributed by atoms with E-state index in [1.807, 2.05) is 48.3 Å². The lowest BCUT2D eigenvalue weighted by Crippen LogP contribution is -2.20. The van der Waals surface area contributed by atoms with E-state index < -0.39 is 0 Å². The van der Waals surface area contributed by atoms with Gasteiger partial charge in [-0.15, -0.1) is 0 Å². The number of benzene rings is 1. The van der Waals surface area contributed by atoms with Crippen LogP contribution in [0.3, 0.4) is 0 Å². The fourth-order valence-corrected chi connectivity index (χ4v) is 2.02. The summed E-state index contributed by atoms with van der Waals surface area (Å²) in [7, 11) is 1.95. The van der Waals surface area contributed by atoms with Crippen LogP contribution in [0.15, 0.2) is 36.5 Å². The van der Waals surface area contributed by atoms with Gasteiger partial charge in [0.25, 0.3) is 0 Å². The second-order valence-electron chi connectivity index (χ2n) is 4.07. The van der Waals surface area contributed by atoms with Gasteiger partial charge in [-0.3, -0.25) is 4.68 Å². The summed E-state index contributed by atoms with van der Waals surface area (Å²) in [6.07, 6.45) is 1.81. The van der Waals surface area contributed by atoms with Gasteiger partial charge in [0.1, 0.15) is 0 Å². The second kappa shape index (κ2) is 5.34. The van der Waals surface area contributed by atoms with Crippen molar-refractivity contribution >= 4 is 11.6 Å². The lowest BCUT2D eigenvalue weighted by atomic mass is 10.2. The van der Waals surface area contributed by atoms with Crippen LogP contribution in [-0.2, 0) is 13.6 Å². The first kappa shape index (κ1) is 12.1. The average molecular weight is 250 g/mol. The number of halogens is 1. The largest absolute Gasteiger partial charge is 0.305 e. The highest BCUT2D eigenvalue weighted by Gasteiger charge is 2.09. The summed E-state index contributed by atoms with van der Waals surface area (Å²) in [5.41, 5.74) is 2.28. The van der Waals surface area contributed by atoms with Crippen LogP contribution in [0.2, 0.25) is 5.02 Å². The van der Waals surface area contributed by atoms with Crippen molar-refractivity contribution < 1.29 is 0 Å². The molecular weight excluding hydrogens is 234 g/mol. The highest BCUT2D eigenvalue weighted by Crippen LogP contribution is 2.16. The van der Waals surface area contributed by atoms with Gasteiger partial charge in [0.05, 0.1) is 5.69 Å². The Morgan fingerprint density at radius 3 is 2.76 bits per heavy atom. The topological polar surface area (TPSA) is 29.9 Å². The van der Waals surface area contributed by atoms with Gasteiger partial charge in [0, 0.05) is 30.9 Å².